The van der Waals surface area contributed by atoms with Crippen LogP contribution in [0.15, 0.2) is 0 Å². The fourth-order valence-corrected chi connectivity index (χ4v) is 0. The van der Waals surface area contributed by atoms with E-state index in [9.17, 15) is 0 Å². The Kier molecular flexibility index (Phi) is 1210000. The number of carbonyl (C=O) groups is 1. The maximum Gasteiger partial charge on any atom is 0.373 e. The molecule has 0 aromatic heterocycles. The third kappa shape index (κ3) is 12.4. The molecule has 0 aliphatic rings. The van der Waals surface area contributed by atoms with Crippen LogP contribution >= 0.6 is 0 Å². The van der Waals surface area contributed by atoms with Gasteiger partial charge in [0.25, 0.3) is 0 Å². The van der Waals surface area contributed by atoms with Crippen LogP contribution < -0.4 is 0 Å². The fraction of sp³-hybridized carbons (Fsp3) is 0. The van der Waals surface area contributed by atoms with E-state index in [0.717, 1.165) is 0 Å². The van der Waals surface area contributed by atoms with Crippen LogP contribution in [-0.2, 0) is 14.4 Å². The number of rotatable bonds is 0. The second-order valence-electron chi connectivity index (χ2n) is 0.0833. The summed E-state index contributed by atoms with van der Waals surface area (Å²) in [7, 11) is 0. The molecular weight excluding hydrogens is 88.0 g/mol. The average Bonchev–Trinajstić information content (AvgIpc) is 1.46. The molecule has 0 rings (SSSR count). The lowest BCUT2D eigenvalue weighted by Gasteiger charge is -0.945. The highest BCUT2D eigenvalue weighted by Gasteiger charge is 1.13. The number of hydrogen-bond donors (Lipinski definition) is 0. The Morgan fingerprint density at radius 1 is 1.17 bits per heavy atom. The standard InChI is InChI=1S/CO2.CH2O.H2O/c2-1-3;1-2;/h;1H2;1H2. The van der Waals surface area contributed by atoms with Crippen molar-refractivity contribution in [1.82, 2.24) is 0 Å². The van der Waals surface area contributed by atoms with Crippen LogP contribution in [0.5, 0.6) is 0 Å². The van der Waals surface area contributed by atoms with E-state index in [4.69, 9.17) is 14.4 Å². The Balaban J connectivity index is -0.0000000275. The van der Waals surface area contributed by atoms with E-state index in [1.54, 1.807) is 0 Å². The van der Waals surface area contributed by atoms with Gasteiger partial charge in [-0.25, -0.2) is 0 Å². The monoisotopic (exact) mass is 92.0 g/mol. The summed E-state index contributed by atoms with van der Waals surface area (Å²) in [5.41, 5.74) is 0. The van der Waals surface area contributed by atoms with Crippen molar-refractivity contribution in [3.8, 4) is 0 Å². The molecule has 0 heterocycles. The minimum absolute atomic E-state index is 0. The molecule has 0 spiro atoms. The zero-order valence-electron chi connectivity index (χ0n) is 2.93. The first-order valence-electron chi connectivity index (χ1n) is 0.697. The van der Waals surface area contributed by atoms with E-state index in [1.165, 1.54) is 0 Å². The van der Waals surface area contributed by atoms with Gasteiger partial charge >= 0.3 is 6.15 Å². The highest BCUT2D eigenvalue weighted by atomic mass is 16.2. The van der Waals surface area contributed by atoms with E-state index in [2.05, 4.69) is 0 Å². The van der Waals surface area contributed by atoms with Gasteiger partial charge in [-0.05, 0) is 0 Å². The molecule has 6 heavy (non-hydrogen) atoms. The topological polar surface area (TPSA) is 82.7 Å². The van der Waals surface area contributed by atoms with Gasteiger partial charge in [-0.1, -0.05) is 0 Å². The fourth-order valence-electron chi connectivity index (χ4n) is 0. The average molecular weight is 92.0 g/mol. The minimum atomic E-state index is 0. The molecule has 0 aromatic carbocycles. The molecule has 0 aliphatic carbocycles. The molecule has 4 heteroatoms. The molecule has 0 atom stereocenters. The van der Waals surface area contributed by atoms with Crippen molar-refractivity contribution in [1.29, 1.82) is 0 Å². The van der Waals surface area contributed by atoms with E-state index in [0.29, 0.717) is 0 Å². The van der Waals surface area contributed by atoms with Crippen molar-refractivity contribution in [2.45, 2.75) is 0 Å². The largest absolute Gasteiger partial charge is 0.412 e. The molecule has 4 nitrogen and oxygen atoms in total. The SMILES string of the molecule is C=O.O.O=C=O. The number of carbonyl (C=O) groups excluding carboxylic acids is 3. The maximum atomic E-state index is 8.12. The second-order valence-corrected chi connectivity index (χ2v) is 0.0833. The molecule has 0 unspecified atom stereocenters. The van der Waals surface area contributed by atoms with Gasteiger partial charge in [-0.3, -0.25) is 0 Å². The van der Waals surface area contributed by atoms with Crippen molar-refractivity contribution >= 4 is 12.9 Å². The molecule has 2 N–H and O–H groups in total. The van der Waals surface area contributed by atoms with Gasteiger partial charge in [0.1, 0.15) is 6.79 Å². The summed E-state index contributed by atoms with van der Waals surface area (Å²) in [6.45, 7) is 2.00. The zero-order valence-corrected chi connectivity index (χ0v) is 2.93. The Labute approximate surface area is 34.1 Å². The first-order valence-corrected chi connectivity index (χ1v) is 0.697. The van der Waals surface area contributed by atoms with Gasteiger partial charge in [0.2, 0.25) is 0 Å². The predicted octanol–water partition coefficient (Wildman–Crippen LogP) is -1.59. The van der Waals surface area contributed by atoms with Gasteiger partial charge in [-0.2, -0.15) is 9.59 Å². The first kappa shape index (κ1) is 19.9. The van der Waals surface area contributed by atoms with Gasteiger partial charge in [-0.15, -0.1) is 0 Å². The summed E-state index contributed by atoms with van der Waals surface area (Å²) in [4.78, 5) is 24.2. The summed E-state index contributed by atoms with van der Waals surface area (Å²) in [5, 5.41) is 0. The predicted molar refractivity (Wildman–Crippen MR) is 15.7 cm³/mol. The summed E-state index contributed by atoms with van der Waals surface area (Å²) in [6.07, 6.45) is 0.250. The third-order valence-corrected chi connectivity index (χ3v) is 0. The Morgan fingerprint density at radius 2 is 1.17 bits per heavy atom. The van der Waals surface area contributed by atoms with Gasteiger partial charge in [0.15, 0.2) is 0 Å². The van der Waals surface area contributed by atoms with Gasteiger partial charge in [0, 0.05) is 0 Å². The first-order chi connectivity index (χ1) is 2.41. The van der Waals surface area contributed by atoms with E-state index >= 15 is 0 Å². The minimum Gasteiger partial charge on any atom is -0.412 e. The lowest BCUT2D eigenvalue weighted by molar-refractivity contribution is -0.191. The normalized spacial score (nSPS) is 2.00. The lowest BCUT2D eigenvalue weighted by Crippen LogP contribution is -1.22. The van der Waals surface area contributed by atoms with Gasteiger partial charge in [0.05, 0.1) is 0 Å². The second kappa shape index (κ2) is 363000. The maximum absolute atomic E-state index is 8.12. The Hall–Kier alpha value is -0.990. The summed E-state index contributed by atoms with van der Waals surface area (Å²) in [5.74, 6) is 0. The molecule has 0 saturated carbocycles. The van der Waals surface area contributed by atoms with Crippen molar-refractivity contribution in [2.24, 2.45) is 0 Å². The van der Waals surface area contributed by atoms with E-state index in [1.807, 2.05) is 6.79 Å². The Morgan fingerprint density at radius 3 is 1.17 bits per heavy atom. The summed E-state index contributed by atoms with van der Waals surface area (Å²) < 4.78 is 0. The van der Waals surface area contributed by atoms with Gasteiger partial charge < -0.3 is 10.3 Å². The van der Waals surface area contributed by atoms with Crippen LogP contribution in [0, 0.1) is 0 Å². The smallest absolute Gasteiger partial charge is 0.373 e. The van der Waals surface area contributed by atoms with Crippen LogP contribution in [0.2, 0.25) is 0 Å². The van der Waals surface area contributed by atoms with Crippen LogP contribution in [-0.4, -0.2) is 18.4 Å². The van der Waals surface area contributed by atoms with Crippen molar-refractivity contribution in [3.63, 3.8) is 0 Å². The summed E-state index contributed by atoms with van der Waals surface area (Å²) in [6, 6.07) is 0. The quantitative estimate of drug-likeness (QED) is 0.361. The van der Waals surface area contributed by atoms with Crippen molar-refractivity contribution in [3.05, 3.63) is 0 Å². The van der Waals surface area contributed by atoms with E-state index < -0.39 is 0 Å². The number of hydrogen-bond acceptors (Lipinski definition) is 3. The highest BCUT2D eigenvalue weighted by Crippen LogP contribution is 0.787. The highest BCUT2D eigenvalue weighted by molar-refractivity contribution is 5.20. The molecule has 0 saturated heterocycles. The molecule has 0 aliphatic heterocycles. The third-order valence-electron chi connectivity index (χ3n) is 0. The van der Waals surface area contributed by atoms with E-state index in [-0.39, 0.29) is 11.6 Å². The molecule has 36 valence electrons. The molecule has 0 fully saturated rings. The zero-order chi connectivity index (χ0) is 4.71. The molecular formula is C2H4O4. The van der Waals surface area contributed by atoms with Crippen LogP contribution in [0.4, 0.5) is 0 Å². The molecule has 0 amide bonds. The lowest BCUT2D eigenvalue weighted by atomic mass is 11.8. The summed E-state index contributed by atoms with van der Waals surface area (Å²) >= 11 is 0. The van der Waals surface area contributed by atoms with Crippen LogP contribution in [0.3, 0.4) is 0 Å². The van der Waals surface area contributed by atoms with Crippen molar-refractivity contribution < 1.29 is 19.9 Å². The van der Waals surface area contributed by atoms with Crippen LogP contribution in [0.1, 0.15) is 0 Å². The molecule has 0 radical (unpaired) electrons. The molecule has 0 bridgehead atoms. The molecule has 0 aromatic rings. The van der Waals surface area contributed by atoms with Crippen LogP contribution in [0.25, 0.3) is 0 Å². The van der Waals surface area contributed by atoms with Crippen molar-refractivity contribution in [2.75, 3.05) is 0 Å². The Bertz CT molecular complexity index is 34.8.